The minimum atomic E-state index is -0.875. The number of benzene rings is 2. The molecule has 0 bridgehead atoms. The molecule has 0 unspecified atom stereocenters. The molecular formula is C23H21FN4O2. The first-order valence-electron chi connectivity index (χ1n) is 10.0. The van der Waals surface area contributed by atoms with E-state index in [0.29, 0.717) is 17.0 Å². The van der Waals surface area contributed by atoms with Crippen molar-refractivity contribution in [3.05, 3.63) is 65.2 Å². The van der Waals surface area contributed by atoms with Crippen LogP contribution in [0.15, 0.2) is 42.5 Å². The zero-order valence-corrected chi connectivity index (χ0v) is 16.5. The van der Waals surface area contributed by atoms with Crippen molar-refractivity contribution >= 4 is 33.7 Å². The fourth-order valence-corrected chi connectivity index (χ4v) is 4.55. The molecular weight excluding hydrogens is 383 g/mol. The van der Waals surface area contributed by atoms with Crippen LogP contribution >= 0.6 is 0 Å². The fourth-order valence-electron chi connectivity index (χ4n) is 4.55. The van der Waals surface area contributed by atoms with Gasteiger partial charge >= 0.3 is 5.97 Å². The summed E-state index contributed by atoms with van der Waals surface area (Å²) >= 11 is 0. The Kier molecular flexibility index (Phi) is 4.38. The van der Waals surface area contributed by atoms with Gasteiger partial charge in [-0.15, -0.1) is 0 Å². The van der Waals surface area contributed by atoms with Crippen LogP contribution in [0, 0.1) is 12.7 Å². The van der Waals surface area contributed by atoms with Crippen molar-refractivity contribution < 1.29 is 14.3 Å². The molecule has 2 N–H and O–H groups in total. The number of aromatic nitrogens is 3. The molecule has 0 radical (unpaired) electrons. The molecule has 1 atom stereocenters. The molecule has 1 aliphatic rings. The van der Waals surface area contributed by atoms with Crippen LogP contribution in [-0.4, -0.2) is 25.6 Å². The van der Waals surface area contributed by atoms with Crippen LogP contribution in [0.5, 0.6) is 0 Å². The highest BCUT2D eigenvalue weighted by molar-refractivity contribution is 5.87. The van der Waals surface area contributed by atoms with Crippen LogP contribution in [0.2, 0.25) is 0 Å². The number of para-hydroxylation sites is 2. The van der Waals surface area contributed by atoms with Crippen molar-refractivity contribution in [2.45, 2.75) is 38.8 Å². The van der Waals surface area contributed by atoms with E-state index in [4.69, 9.17) is 0 Å². The standard InChI is InChI=1S/C23H21FN4O2/c1-13-23(26-17-9-5-8-16(24)21(17)25-13)27-18-10-4-7-15-14-6-2-3-11-19(14)28(22(15)18)12-20(29)30/h2-3,5-6,8-9,11,18H,4,7,10,12H2,1H3,(H,26,27)(H,29,30)/t18-/m0/s1. The summed E-state index contributed by atoms with van der Waals surface area (Å²) in [6.07, 6.45) is 2.75. The SMILES string of the molecule is Cc1nc2c(F)cccc2nc1N[C@H]1CCCc2c1n(CC(=O)O)c1ccccc21. The Morgan fingerprint density at radius 3 is 2.90 bits per heavy atom. The third-order valence-corrected chi connectivity index (χ3v) is 5.79. The van der Waals surface area contributed by atoms with E-state index >= 15 is 0 Å². The van der Waals surface area contributed by atoms with Crippen molar-refractivity contribution in [1.82, 2.24) is 14.5 Å². The maximum Gasteiger partial charge on any atom is 0.323 e. The van der Waals surface area contributed by atoms with Gasteiger partial charge in [0.1, 0.15) is 17.9 Å². The molecule has 152 valence electrons. The summed E-state index contributed by atoms with van der Waals surface area (Å²) in [6, 6.07) is 12.6. The van der Waals surface area contributed by atoms with Gasteiger partial charge in [0.15, 0.2) is 5.82 Å². The van der Waals surface area contributed by atoms with Crippen LogP contribution in [-0.2, 0) is 17.8 Å². The van der Waals surface area contributed by atoms with E-state index in [-0.39, 0.29) is 18.1 Å². The Balaban J connectivity index is 1.62. The van der Waals surface area contributed by atoms with E-state index in [0.717, 1.165) is 35.9 Å². The molecule has 0 saturated carbocycles. The summed E-state index contributed by atoms with van der Waals surface area (Å²) in [7, 11) is 0. The van der Waals surface area contributed by atoms with E-state index in [1.54, 1.807) is 19.1 Å². The number of anilines is 1. The molecule has 2 aromatic carbocycles. The number of rotatable bonds is 4. The molecule has 4 aromatic rings. The number of hydrogen-bond donors (Lipinski definition) is 2. The Bertz CT molecular complexity index is 1300. The molecule has 1 aliphatic carbocycles. The maximum absolute atomic E-state index is 14.1. The van der Waals surface area contributed by atoms with Gasteiger partial charge in [0.25, 0.3) is 0 Å². The molecule has 2 heterocycles. The maximum atomic E-state index is 14.1. The monoisotopic (exact) mass is 404 g/mol. The topological polar surface area (TPSA) is 80.0 Å². The smallest absolute Gasteiger partial charge is 0.323 e. The lowest BCUT2D eigenvalue weighted by atomic mass is 9.91. The Morgan fingerprint density at radius 2 is 2.07 bits per heavy atom. The van der Waals surface area contributed by atoms with Crippen LogP contribution in [0.3, 0.4) is 0 Å². The van der Waals surface area contributed by atoms with E-state index in [1.807, 2.05) is 22.8 Å². The van der Waals surface area contributed by atoms with Gasteiger partial charge in [0, 0.05) is 16.6 Å². The first-order valence-corrected chi connectivity index (χ1v) is 10.0. The van der Waals surface area contributed by atoms with Crippen LogP contribution < -0.4 is 5.32 Å². The number of hydrogen-bond acceptors (Lipinski definition) is 4. The van der Waals surface area contributed by atoms with Crippen molar-refractivity contribution in [2.24, 2.45) is 0 Å². The van der Waals surface area contributed by atoms with Crippen LogP contribution in [0.4, 0.5) is 10.2 Å². The van der Waals surface area contributed by atoms with Gasteiger partial charge in [0.05, 0.1) is 17.3 Å². The van der Waals surface area contributed by atoms with E-state index in [2.05, 4.69) is 21.4 Å². The minimum absolute atomic E-state index is 0.0956. The lowest BCUT2D eigenvalue weighted by Gasteiger charge is -2.27. The minimum Gasteiger partial charge on any atom is -0.480 e. The zero-order valence-electron chi connectivity index (χ0n) is 16.5. The molecule has 30 heavy (non-hydrogen) atoms. The van der Waals surface area contributed by atoms with Crippen molar-refractivity contribution in [1.29, 1.82) is 0 Å². The molecule has 6 nitrogen and oxygen atoms in total. The molecule has 7 heteroatoms. The second kappa shape index (κ2) is 7.09. The quantitative estimate of drug-likeness (QED) is 0.519. The summed E-state index contributed by atoms with van der Waals surface area (Å²) in [5, 5.41) is 14.1. The van der Waals surface area contributed by atoms with Gasteiger partial charge in [-0.05, 0) is 49.9 Å². The lowest BCUT2D eigenvalue weighted by molar-refractivity contribution is -0.137. The van der Waals surface area contributed by atoms with Crippen LogP contribution in [0.1, 0.15) is 35.8 Å². The van der Waals surface area contributed by atoms with Gasteiger partial charge in [-0.3, -0.25) is 4.79 Å². The number of halogens is 1. The highest BCUT2D eigenvalue weighted by atomic mass is 19.1. The summed E-state index contributed by atoms with van der Waals surface area (Å²) in [4.78, 5) is 20.6. The van der Waals surface area contributed by atoms with Crippen LogP contribution in [0.25, 0.3) is 21.9 Å². The average molecular weight is 404 g/mol. The largest absolute Gasteiger partial charge is 0.480 e. The molecule has 0 fully saturated rings. The average Bonchev–Trinajstić information content (AvgIpc) is 3.04. The lowest BCUT2D eigenvalue weighted by Crippen LogP contribution is -2.23. The first kappa shape index (κ1) is 18.5. The molecule has 0 aliphatic heterocycles. The van der Waals surface area contributed by atoms with E-state index in [9.17, 15) is 14.3 Å². The molecule has 0 spiro atoms. The molecule has 5 rings (SSSR count). The van der Waals surface area contributed by atoms with Gasteiger partial charge in [-0.25, -0.2) is 14.4 Å². The molecule has 0 amide bonds. The third-order valence-electron chi connectivity index (χ3n) is 5.79. The van der Waals surface area contributed by atoms with Gasteiger partial charge < -0.3 is 15.0 Å². The van der Waals surface area contributed by atoms with Gasteiger partial charge in [-0.2, -0.15) is 0 Å². The van der Waals surface area contributed by atoms with Crippen molar-refractivity contribution in [3.8, 4) is 0 Å². The van der Waals surface area contributed by atoms with E-state index < -0.39 is 11.8 Å². The molecule has 0 saturated heterocycles. The highest BCUT2D eigenvalue weighted by Crippen LogP contribution is 2.39. The Labute approximate surface area is 172 Å². The number of nitrogens with one attached hydrogen (secondary N) is 1. The predicted molar refractivity (Wildman–Crippen MR) is 113 cm³/mol. The molecule has 2 aromatic heterocycles. The number of carboxylic acids is 1. The number of aryl methyl sites for hydroxylation is 2. The first-order chi connectivity index (χ1) is 14.5. The predicted octanol–water partition coefficient (Wildman–Crippen LogP) is 4.61. The van der Waals surface area contributed by atoms with Crippen molar-refractivity contribution in [2.75, 3.05) is 5.32 Å². The number of carbonyl (C=O) groups is 1. The second-order valence-corrected chi connectivity index (χ2v) is 7.72. The van der Waals surface area contributed by atoms with Crippen molar-refractivity contribution in [3.63, 3.8) is 0 Å². The number of nitrogens with zero attached hydrogens (tertiary/aromatic N) is 3. The van der Waals surface area contributed by atoms with E-state index in [1.165, 1.54) is 11.6 Å². The Morgan fingerprint density at radius 1 is 1.23 bits per heavy atom. The van der Waals surface area contributed by atoms with Gasteiger partial charge in [-0.1, -0.05) is 24.3 Å². The zero-order chi connectivity index (χ0) is 20.8. The third kappa shape index (κ3) is 2.98. The fraction of sp³-hybridized carbons (Fsp3) is 0.261. The second-order valence-electron chi connectivity index (χ2n) is 7.72. The number of carboxylic acid groups (broad SMARTS) is 1. The normalized spacial score (nSPS) is 16.0. The highest BCUT2D eigenvalue weighted by Gasteiger charge is 2.29. The Hall–Kier alpha value is -3.48. The summed E-state index contributed by atoms with van der Waals surface area (Å²) in [6.45, 7) is 1.71. The number of aliphatic carboxylic acids is 1. The summed E-state index contributed by atoms with van der Waals surface area (Å²) in [5.41, 5.74) is 4.47. The summed E-state index contributed by atoms with van der Waals surface area (Å²) in [5.74, 6) is -0.672. The number of fused-ring (bicyclic) bond motifs is 4. The van der Waals surface area contributed by atoms with Gasteiger partial charge in [0.2, 0.25) is 0 Å². The summed E-state index contributed by atoms with van der Waals surface area (Å²) < 4.78 is 16.0.